The number of primary amides is 1. The highest BCUT2D eigenvalue weighted by Gasteiger charge is 2.27. The number of benzene rings is 1. The third-order valence-electron chi connectivity index (χ3n) is 4.50. The second-order valence-corrected chi connectivity index (χ2v) is 7.74. The molecule has 2 amide bonds. The molecule has 4 nitrogen and oxygen atoms in total. The minimum absolute atomic E-state index is 0.118. The summed E-state index contributed by atoms with van der Waals surface area (Å²) < 4.78 is 0. The summed E-state index contributed by atoms with van der Waals surface area (Å²) in [6.07, 6.45) is 3.16. The van der Waals surface area contributed by atoms with Crippen LogP contribution in [-0.4, -0.2) is 11.8 Å². The second kappa shape index (κ2) is 6.77. The molecular weight excluding hydrogens is 320 g/mol. The Bertz CT molecular complexity index is 777. The summed E-state index contributed by atoms with van der Waals surface area (Å²) in [6.45, 7) is 4.22. The van der Waals surface area contributed by atoms with Crippen molar-refractivity contribution in [2.45, 2.75) is 39.5 Å². The lowest BCUT2D eigenvalue weighted by Crippen LogP contribution is -2.20. The molecule has 0 spiro atoms. The van der Waals surface area contributed by atoms with Crippen LogP contribution < -0.4 is 11.1 Å². The van der Waals surface area contributed by atoms with E-state index in [4.69, 9.17) is 5.73 Å². The first-order valence-electron chi connectivity index (χ1n) is 8.23. The largest absolute Gasteiger partial charge is 0.365 e. The van der Waals surface area contributed by atoms with E-state index in [1.807, 2.05) is 31.2 Å². The predicted molar refractivity (Wildman–Crippen MR) is 97.5 cm³/mol. The number of thiophene rings is 1. The van der Waals surface area contributed by atoms with E-state index in [0.29, 0.717) is 16.5 Å². The number of nitrogens with two attached hydrogens (primary N) is 1. The summed E-state index contributed by atoms with van der Waals surface area (Å²) in [7, 11) is 0. The van der Waals surface area contributed by atoms with Crippen molar-refractivity contribution in [2.24, 2.45) is 11.7 Å². The number of fused-ring (bicyclic) bond motifs is 1. The van der Waals surface area contributed by atoms with Crippen LogP contribution in [0, 0.1) is 12.8 Å². The Kier molecular flexibility index (Phi) is 4.71. The first-order valence-corrected chi connectivity index (χ1v) is 9.05. The second-order valence-electron chi connectivity index (χ2n) is 6.63. The molecule has 0 fully saturated rings. The summed E-state index contributed by atoms with van der Waals surface area (Å²) in [5.74, 6) is 0.0358. The predicted octanol–water partition coefficient (Wildman–Crippen LogP) is 3.46. The number of rotatable bonds is 4. The Balaban J connectivity index is 1.80. The number of amides is 2. The number of carbonyl (C=O) groups is 2. The fraction of sp³-hybridized carbons (Fsp3) is 0.368. The van der Waals surface area contributed by atoms with Crippen molar-refractivity contribution in [3.63, 3.8) is 0 Å². The maximum atomic E-state index is 12.4. The minimum atomic E-state index is -0.451. The van der Waals surface area contributed by atoms with Crippen molar-refractivity contribution in [3.8, 4) is 0 Å². The molecular formula is C19H22N2O2S. The molecule has 3 N–H and O–H groups in total. The van der Waals surface area contributed by atoms with Gasteiger partial charge in [-0.3, -0.25) is 9.59 Å². The van der Waals surface area contributed by atoms with Gasteiger partial charge in [-0.25, -0.2) is 0 Å². The van der Waals surface area contributed by atoms with E-state index in [9.17, 15) is 9.59 Å². The molecule has 3 rings (SSSR count). The summed E-state index contributed by atoms with van der Waals surface area (Å²) in [5.41, 5.74) is 9.25. The standard InChI is InChI=1S/C19H22N2O2S/c1-11-3-6-13(7-4-11)10-16(22)21-19-17(18(20)23)14-8-5-12(2)9-15(14)24-19/h3-4,6-7,12H,5,8-10H2,1-2H3,(H2,20,23)(H,21,22). The van der Waals surface area contributed by atoms with Gasteiger partial charge in [0, 0.05) is 4.88 Å². The highest BCUT2D eigenvalue weighted by Crippen LogP contribution is 2.39. The van der Waals surface area contributed by atoms with E-state index in [1.54, 1.807) is 0 Å². The first-order chi connectivity index (χ1) is 11.4. The van der Waals surface area contributed by atoms with Gasteiger partial charge in [-0.2, -0.15) is 0 Å². The van der Waals surface area contributed by atoms with Crippen LogP contribution in [0.25, 0.3) is 0 Å². The molecule has 0 bridgehead atoms. The average Bonchev–Trinajstić information content (AvgIpc) is 2.86. The van der Waals surface area contributed by atoms with Gasteiger partial charge in [0.25, 0.3) is 5.91 Å². The minimum Gasteiger partial charge on any atom is -0.365 e. The lowest BCUT2D eigenvalue weighted by atomic mass is 9.88. The highest BCUT2D eigenvalue weighted by molar-refractivity contribution is 7.17. The van der Waals surface area contributed by atoms with Gasteiger partial charge in [-0.05, 0) is 43.2 Å². The molecule has 1 aromatic heterocycles. The summed E-state index contributed by atoms with van der Waals surface area (Å²) in [6, 6.07) is 7.88. The Morgan fingerprint density at radius 1 is 1.29 bits per heavy atom. The van der Waals surface area contributed by atoms with Gasteiger partial charge in [-0.15, -0.1) is 11.3 Å². The first kappa shape index (κ1) is 16.7. The van der Waals surface area contributed by atoms with Crippen LogP contribution >= 0.6 is 11.3 Å². The lowest BCUT2D eigenvalue weighted by molar-refractivity contribution is -0.115. The maximum absolute atomic E-state index is 12.4. The third kappa shape index (κ3) is 3.51. The molecule has 1 atom stereocenters. The number of nitrogens with one attached hydrogen (secondary N) is 1. The molecule has 24 heavy (non-hydrogen) atoms. The van der Waals surface area contributed by atoms with Gasteiger partial charge in [0.2, 0.25) is 5.91 Å². The van der Waals surface area contributed by atoms with Crippen LogP contribution in [0.5, 0.6) is 0 Å². The SMILES string of the molecule is Cc1ccc(CC(=O)Nc2sc3c(c2C(N)=O)CCC(C)C3)cc1. The van der Waals surface area contributed by atoms with Crippen molar-refractivity contribution in [1.82, 2.24) is 0 Å². The van der Waals surface area contributed by atoms with E-state index in [1.165, 1.54) is 16.2 Å². The van der Waals surface area contributed by atoms with E-state index >= 15 is 0 Å². The summed E-state index contributed by atoms with van der Waals surface area (Å²) >= 11 is 1.50. The van der Waals surface area contributed by atoms with Crippen LogP contribution in [0.3, 0.4) is 0 Å². The molecule has 1 aliphatic rings. The van der Waals surface area contributed by atoms with E-state index < -0.39 is 5.91 Å². The van der Waals surface area contributed by atoms with E-state index in [-0.39, 0.29) is 12.3 Å². The molecule has 126 valence electrons. The molecule has 0 radical (unpaired) electrons. The fourth-order valence-corrected chi connectivity index (χ4v) is 4.59. The van der Waals surface area contributed by atoms with Crippen molar-refractivity contribution in [1.29, 1.82) is 0 Å². The molecule has 0 saturated heterocycles. The van der Waals surface area contributed by atoms with Gasteiger partial charge < -0.3 is 11.1 Å². The van der Waals surface area contributed by atoms with Crippen LogP contribution in [0.4, 0.5) is 5.00 Å². The smallest absolute Gasteiger partial charge is 0.251 e. The highest BCUT2D eigenvalue weighted by atomic mass is 32.1. The van der Waals surface area contributed by atoms with Crippen LogP contribution in [0.1, 0.15) is 45.3 Å². The van der Waals surface area contributed by atoms with Gasteiger partial charge >= 0.3 is 0 Å². The van der Waals surface area contributed by atoms with Gasteiger partial charge in [0.05, 0.1) is 12.0 Å². The number of hydrogen-bond donors (Lipinski definition) is 2. The normalized spacial score (nSPS) is 16.5. The van der Waals surface area contributed by atoms with Crippen LogP contribution in [0.2, 0.25) is 0 Å². The van der Waals surface area contributed by atoms with Crippen molar-refractivity contribution in [2.75, 3.05) is 5.32 Å². The molecule has 1 aliphatic carbocycles. The Hall–Kier alpha value is -2.14. The molecule has 1 unspecified atom stereocenters. The quantitative estimate of drug-likeness (QED) is 0.893. The van der Waals surface area contributed by atoms with E-state index in [2.05, 4.69) is 12.2 Å². The van der Waals surface area contributed by atoms with Gasteiger partial charge in [0.1, 0.15) is 5.00 Å². The zero-order valence-electron chi connectivity index (χ0n) is 14.0. The van der Waals surface area contributed by atoms with Crippen LogP contribution in [0.15, 0.2) is 24.3 Å². The number of anilines is 1. The topological polar surface area (TPSA) is 72.2 Å². The van der Waals surface area contributed by atoms with Gasteiger partial charge in [0.15, 0.2) is 0 Å². The zero-order valence-corrected chi connectivity index (χ0v) is 14.8. The van der Waals surface area contributed by atoms with Crippen molar-refractivity contribution < 1.29 is 9.59 Å². The Morgan fingerprint density at radius 3 is 2.67 bits per heavy atom. The van der Waals surface area contributed by atoms with E-state index in [0.717, 1.165) is 36.0 Å². The molecule has 0 aliphatic heterocycles. The summed E-state index contributed by atoms with van der Waals surface area (Å²) in [5, 5.41) is 3.52. The number of aryl methyl sites for hydroxylation is 1. The number of hydrogen-bond acceptors (Lipinski definition) is 3. The fourth-order valence-electron chi connectivity index (χ4n) is 3.16. The molecule has 1 aromatic carbocycles. The molecule has 0 saturated carbocycles. The number of carbonyl (C=O) groups excluding carboxylic acids is 2. The van der Waals surface area contributed by atoms with Crippen molar-refractivity contribution >= 4 is 28.2 Å². The lowest BCUT2D eigenvalue weighted by Gasteiger charge is -2.18. The van der Waals surface area contributed by atoms with Crippen LogP contribution in [-0.2, 0) is 24.1 Å². The molecule has 1 heterocycles. The third-order valence-corrected chi connectivity index (χ3v) is 5.67. The average molecular weight is 342 g/mol. The Morgan fingerprint density at radius 2 is 2.00 bits per heavy atom. The molecule has 5 heteroatoms. The van der Waals surface area contributed by atoms with Gasteiger partial charge in [-0.1, -0.05) is 36.8 Å². The zero-order chi connectivity index (χ0) is 17.3. The Labute approximate surface area is 146 Å². The molecule has 2 aromatic rings. The monoisotopic (exact) mass is 342 g/mol. The maximum Gasteiger partial charge on any atom is 0.251 e. The summed E-state index contributed by atoms with van der Waals surface area (Å²) in [4.78, 5) is 25.4. The van der Waals surface area contributed by atoms with Crippen molar-refractivity contribution in [3.05, 3.63) is 51.4 Å².